The number of carbonyl (C=O) groups excluding carboxylic acids is 1. The van der Waals surface area contributed by atoms with E-state index in [0.29, 0.717) is 9.87 Å². The zero-order chi connectivity index (χ0) is 26.5. The average Bonchev–Trinajstić information content (AvgIpc) is 2.82. The Balaban J connectivity index is 1.84. The first kappa shape index (κ1) is 27.1. The van der Waals surface area contributed by atoms with Crippen LogP contribution in [0.25, 0.3) is 0 Å². The van der Waals surface area contributed by atoms with Crippen LogP contribution < -0.4 is 14.8 Å². The summed E-state index contributed by atoms with van der Waals surface area (Å²) < 4.78 is 82.7. The molecule has 0 aliphatic rings. The molecule has 12 heteroatoms. The van der Waals surface area contributed by atoms with Gasteiger partial charge < -0.3 is 19.3 Å². The number of primary amides is 1. The highest BCUT2D eigenvalue weighted by Crippen LogP contribution is 2.33. The van der Waals surface area contributed by atoms with Gasteiger partial charge in [-0.15, -0.1) is 0 Å². The van der Waals surface area contributed by atoms with Gasteiger partial charge in [-0.05, 0) is 42.2 Å². The van der Waals surface area contributed by atoms with Gasteiger partial charge in [-0.25, -0.2) is 9.37 Å². The summed E-state index contributed by atoms with van der Waals surface area (Å²) in [7, 11) is 1.15. The van der Waals surface area contributed by atoms with Crippen molar-refractivity contribution in [3.63, 3.8) is 0 Å². The molecule has 7 nitrogen and oxygen atoms in total. The van der Waals surface area contributed by atoms with Crippen molar-refractivity contribution in [2.75, 3.05) is 11.4 Å². The maximum Gasteiger partial charge on any atom is 0.433 e. The zero-order valence-electron chi connectivity index (χ0n) is 19.0. The van der Waals surface area contributed by atoms with Crippen LogP contribution in [-0.4, -0.2) is 26.7 Å². The maximum absolute atomic E-state index is 14.5. The lowest BCUT2D eigenvalue weighted by molar-refractivity contribution is -0.141. The number of pyridine rings is 1. The first-order valence-corrected chi connectivity index (χ1v) is 11.7. The predicted octanol–water partition coefficient (Wildman–Crippen LogP) is 4.25. The number of anilines is 1. The third-order valence-electron chi connectivity index (χ3n) is 5.43. The van der Waals surface area contributed by atoms with Crippen LogP contribution in [0.3, 0.4) is 0 Å². The van der Waals surface area contributed by atoms with E-state index in [-0.39, 0.29) is 36.6 Å². The van der Waals surface area contributed by atoms with Crippen LogP contribution in [0.4, 0.5) is 23.2 Å². The van der Waals surface area contributed by atoms with Gasteiger partial charge in [-0.2, -0.15) is 13.2 Å². The molecule has 0 radical (unpaired) electrons. The number of carbonyl (C=O) groups is 1. The normalized spacial score (nSPS) is 13.2. The number of rotatable bonds is 10. The van der Waals surface area contributed by atoms with Crippen LogP contribution in [0.15, 0.2) is 60.7 Å². The van der Waals surface area contributed by atoms with Crippen molar-refractivity contribution >= 4 is 22.9 Å². The molecule has 0 bridgehead atoms. The molecule has 0 aliphatic carbocycles. The Hall–Kier alpha value is -3.51. The second kappa shape index (κ2) is 11.5. The summed E-state index contributed by atoms with van der Waals surface area (Å²) in [4.78, 5) is 15.8. The van der Waals surface area contributed by atoms with Gasteiger partial charge in [-0.1, -0.05) is 42.5 Å². The van der Waals surface area contributed by atoms with Gasteiger partial charge in [-0.3, -0.25) is 9.00 Å². The number of nitrogens with two attached hydrogens (primary N) is 1. The molecule has 0 saturated carbocycles. The van der Waals surface area contributed by atoms with E-state index in [1.807, 2.05) is 0 Å². The molecule has 0 spiro atoms. The molecule has 2 atom stereocenters. The van der Waals surface area contributed by atoms with E-state index in [2.05, 4.69) is 4.98 Å². The second-order valence-electron chi connectivity index (χ2n) is 7.85. The van der Waals surface area contributed by atoms with Crippen molar-refractivity contribution in [1.29, 1.82) is 0 Å². The van der Waals surface area contributed by atoms with Crippen LogP contribution in [0, 0.1) is 5.82 Å². The van der Waals surface area contributed by atoms with Crippen molar-refractivity contribution in [3.05, 3.63) is 88.9 Å². The number of aryl methyl sites for hydroxylation is 1. The lowest BCUT2D eigenvalue weighted by atomic mass is 9.91. The number of nitrogens with zero attached hydrogens (tertiary/aromatic N) is 2. The summed E-state index contributed by atoms with van der Waals surface area (Å²) in [5.74, 6) is -2.90. The van der Waals surface area contributed by atoms with E-state index in [9.17, 15) is 31.1 Å². The highest BCUT2D eigenvalue weighted by Gasteiger charge is 2.33. The minimum atomic E-state index is -4.68. The summed E-state index contributed by atoms with van der Waals surface area (Å²) in [5, 5.41) is 0. The van der Waals surface area contributed by atoms with E-state index in [1.54, 1.807) is 30.3 Å². The molecular formula is C24H22F4N3O4S-. The SMILES string of the molecule is CN(c1ccc(C(CCc2ccc(C(F)(F)F)nc2OCc2ccccc2)C(N)=O)cc1F)S(=O)[O-]. The van der Waals surface area contributed by atoms with Crippen molar-refractivity contribution in [3.8, 4) is 5.88 Å². The Morgan fingerprint density at radius 3 is 2.44 bits per heavy atom. The number of alkyl halides is 3. The number of halogens is 4. The fourth-order valence-electron chi connectivity index (χ4n) is 3.52. The molecule has 1 aromatic heterocycles. The summed E-state index contributed by atoms with van der Waals surface area (Å²) >= 11 is -2.70. The van der Waals surface area contributed by atoms with Gasteiger partial charge in [0, 0.05) is 23.9 Å². The number of benzene rings is 2. The fourth-order valence-corrected chi connectivity index (χ4v) is 3.83. The van der Waals surface area contributed by atoms with Crippen molar-refractivity contribution < 1.29 is 35.9 Å². The number of ether oxygens (including phenoxy) is 1. The lowest BCUT2D eigenvalue weighted by Gasteiger charge is -2.23. The van der Waals surface area contributed by atoms with Crippen molar-refractivity contribution in [2.45, 2.75) is 31.5 Å². The largest absolute Gasteiger partial charge is 0.755 e. The highest BCUT2D eigenvalue weighted by atomic mass is 32.2. The lowest BCUT2D eigenvalue weighted by Crippen LogP contribution is -2.23. The van der Waals surface area contributed by atoms with Gasteiger partial charge in [0.1, 0.15) is 18.1 Å². The molecule has 3 aromatic rings. The number of aromatic nitrogens is 1. The van der Waals surface area contributed by atoms with E-state index in [1.165, 1.54) is 18.2 Å². The van der Waals surface area contributed by atoms with Crippen molar-refractivity contribution in [1.82, 2.24) is 4.98 Å². The minimum absolute atomic E-state index is 0.0200. The van der Waals surface area contributed by atoms with Crippen LogP contribution in [-0.2, 0) is 35.3 Å². The fraction of sp³-hybridized carbons (Fsp3) is 0.250. The predicted molar refractivity (Wildman–Crippen MR) is 124 cm³/mol. The number of hydrogen-bond donors (Lipinski definition) is 1. The smallest absolute Gasteiger partial charge is 0.433 e. The summed E-state index contributed by atoms with van der Waals surface area (Å²) in [6.07, 6.45) is -4.61. The monoisotopic (exact) mass is 524 g/mol. The van der Waals surface area contributed by atoms with E-state index in [4.69, 9.17) is 10.5 Å². The van der Waals surface area contributed by atoms with Gasteiger partial charge >= 0.3 is 6.18 Å². The summed E-state index contributed by atoms with van der Waals surface area (Å²) in [6.45, 7) is -0.0251. The van der Waals surface area contributed by atoms with Gasteiger partial charge in [0.25, 0.3) is 0 Å². The topological polar surface area (TPSA) is 109 Å². The van der Waals surface area contributed by atoms with Crippen LogP contribution in [0.5, 0.6) is 5.88 Å². The Kier molecular flexibility index (Phi) is 8.64. The third kappa shape index (κ3) is 6.79. The first-order valence-electron chi connectivity index (χ1n) is 10.6. The third-order valence-corrected chi connectivity index (χ3v) is 6.07. The maximum atomic E-state index is 14.5. The number of hydrogen-bond acceptors (Lipinski definition) is 5. The average molecular weight is 525 g/mol. The zero-order valence-corrected chi connectivity index (χ0v) is 19.8. The van der Waals surface area contributed by atoms with E-state index < -0.39 is 40.8 Å². The molecule has 2 unspecified atom stereocenters. The molecule has 36 heavy (non-hydrogen) atoms. The standard InChI is InChI=1S/C24H23F4N3O4S/c1-31(36(33)34)20-11-8-17(13-19(20)25)18(22(29)32)10-7-16-9-12-21(24(26,27)28)30-23(16)35-14-15-5-3-2-4-6-15/h2-6,8-9,11-13,18H,7,10,14H2,1H3,(H2,29,32)(H,33,34)/p-1. The summed E-state index contributed by atoms with van der Waals surface area (Å²) in [5.41, 5.74) is 5.39. The molecular weight excluding hydrogens is 502 g/mol. The Morgan fingerprint density at radius 1 is 1.17 bits per heavy atom. The van der Waals surface area contributed by atoms with E-state index in [0.717, 1.165) is 24.7 Å². The molecule has 2 N–H and O–H groups in total. The van der Waals surface area contributed by atoms with Gasteiger partial charge in [0.15, 0.2) is 0 Å². The van der Waals surface area contributed by atoms with Crippen LogP contribution in [0.2, 0.25) is 0 Å². The van der Waals surface area contributed by atoms with Gasteiger partial charge in [0.2, 0.25) is 11.8 Å². The first-order chi connectivity index (χ1) is 17.0. The van der Waals surface area contributed by atoms with E-state index >= 15 is 0 Å². The molecule has 192 valence electrons. The Labute approximate surface area is 207 Å². The molecule has 1 heterocycles. The van der Waals surface area contributed by atoms with Crippen LogP contribution in [0.1, 0.15) is 34.7 Å². The Bertz CT molecular complexity index is 1240. The van der Waals surface area contributed by atoms with Crippen molar-refractivity contribution in [2.24, 2.45) is 5.73 Å². The molecule has 0 aliphatic heterocycles. The molecule has 0 saturated heterocycles. The molecule has 0 fully saturated rings. The minimum Gasteiger partial charge on any atom is -0.755 e. The summed E-state index contributed by atoms with van der Waals surface area (Å²) in [6, 6.07) is 14.4. The van der Waals surface area contributed by atoms with Gasteiger partial charge in [0.05, 0.1) is 11.6 Å². The van der Waals surface area contributed by atoms with Crippen LogP contribution >= 0.6 is 0 Å². The Morgan fingerprint density at radius 2 is 1.86 bits per heavy atom. The highest BCUT2D eigenvalue weighted by molar-refractivity contribution is 7.80. The molecule has 1 amide bonds. The number of amides is 1. The second-order valence-corrected chi connectivity index (χ2v) is 8.83. The quantitative estimate of drug-likeness (QED) is 0.315. The molecule has 3 rings (SSSR count). The molecule has 2 aromatic carbocycles.